The van der Waals surface area contributed by atoms with Crippen LogP contribution in [0.3, 0.4) is 0 Å². The summed E-state index contributed by atoms with van der Waals surface area (Å²) in [4.78, 5) is 8.72. The molecule has 1 unspecified atom stereocenters. The Morgan fingerprint density at radius 1 is 1.25 bits per heavy atom. The van der Waals surface area contributed by atoms with Gasteiger partial charge in [-0.05, 0) is 56.1 Å². The molecule has 0 aliphatic carbocycles. The Morgan fingerprint density at radius 3 is 2.70 bits per heavy atom. The zero-order chi connectivity index (χ0) is 14.5. The Bertz CT molecular complexity index is 592. The lowest BCUT2D eigenvalue weighted by Crippen LogP contribution is -2.23. The number of nitrogens with zero attached hydrogens (tertiary/aromatic N) is 2. The highest BCUT2D eigenvalue weighted by Crippen LogP contribution is 2.29. The molecule has 0 radical (unpaired) electrons. The summed E-state index contributed by atoms with van der Waals surface area (Å²) in [5, 5.41) is 3.42. The first-order valence-corrected chi connectivity index (χ1v) is 7.77. The summed E-state index contributed by atoms with van der Waals surface area (Å²) >= 11 is 6.98. The summed E-state index contributed by atoms with van der Waals surface area (Å²) in [6.45, 7) is 2.89. The van der Waals surface area contributed by atoms with Crippen LogP contribution in [0.1, 0.15) is 24.2 Å². The summed E-state index contributed by atoms with van der Waals surface area (Å²) < 4.78 is 7.12. The molecule has 1 atom stereocenters. The van der Waals surface area contributed by atoms with Crippen molar-refractivity contribution in [2.75, 3.05) is 13.7 Å². The summed E-state index contributed by atoms with van der Waals surface area (Å²) in [7, 11) is 1.64. The molecule has 106 valence electrons. The van der Waals surface area contributed by atoms with Crippen molar-refractivity contribution in [1.82, 2.24) is 15.3 Å². The van der Waals surface area contributed by atoms with Gasteiger partial charge in [-0.25, -0.2) is 0 Å². The highest BCUT2D eigenvalue weighted by Gasteiger charge is 2.18. The lowest BCUT2D eigenvalue weighted by molar-refractivity contribution is 0.411. The minimum atomic E-state index is -0.0370. The number of nitrogens with one attached hydrogen (secondary N) is 1. The molecule has 0 spiro atoms. The van der Waals surface area contributed by atoms with Crippen LogP contribution in [0.5, 0.6) is 5.75 Å². The largest absolute Gasteiger partial charge is 0.495 e. The van der Waals surface area contributed by atoms with E-state index in [1.54, 1.807) is 19.5 Å². The van der Waals surface area contributed by atoms with Crippen LogP contribution in [-0.4, -0.2) is 23.6 Å². The van der Waals surface area contributed by atoms with Crippen LogP contribution in [0.4, 0.5) is 0 Å². The van der Waals surface area contributed by atoms with Crippen LogP contribution < -0.4 is 10.1 Å². The number of aromatic nitrogens is 2. The van der Waals surface area contributed by atoms with Crippen molar-refractivity contribution in [2.24, 2.45) is 0 Å². The molecule has 2 heterocycles. The van der Waals surface area contributed by atoms with Crippen molar-refractivity contribution in [3.63, 3.8) is 0 Å². The van der Waals surface area contributed by atoms with E-state index in [1.807, 2.05) is 18.3 Å². The van der Waals surface area contributed by atoms with Gasteiger partial charge in [0.2, 0.25) is 0 Å². The molecule has 0 aliphatic heterocycles. The maximum Gasteiger partial charge on any atom is 0.137 e. The first kappa shape index (κ1) is 15.4. The monoisotopic (exact) mass is 399 g/mol. The molecular weight excluding hydrogens is 386 g/mol. The molecule has 0 aliphatic rings. The van der Waals surface area contributed by atoms with Crippen molar-refractivity contribution in [1.29, 1.82) is 0 Å². The SMILES string of the molecule is CCNC(c1cncc(OC)c1)c1ncc(Br)cc1Br. The standard InChI is InChI=1S/C14H15Br2N3O/c1-3-18-13(9-4-11(20-2)8-17-6-9)14-12(16)5-10(15)7-19-14/h4-8,13,18H,3H2,1-2H3. The first-order chi connectivity index (χ1) is 9.65. The van der Waals surface area contributed by atoms with E-state index >= 15 is 0 Å². The predicted molar refractivity (Wildman–Crippen MR) is 85.9 cm³/mol. The zero-order valence-electron chi connectivity index (χ0n) is 11.2. The number of pyridine rings is 2. The van der Waals surface area contributed by atoms with E-state index in [4.69, 9.17) is 4.74 Å². The van der Waals surface area contributed by atoms with E-state index in [1.165, 1.54) is 0 Å². The third kappa shape index (κ3) is 3.56. The van der Waals surface area contributed by atoms with Gasteiger partial charge in [-0.3, -0.25) is 9.97 Å². The summed E-state index contributed by atoms with van der Waals surface area (Å²) in [6, 6.07) is 3.92. The molecule has 2 rings (SSSR count). The van der Waals surface area contributed by atoms with Crippen LogP contribution in [-0.2, 0) is 0 Å². The second-order valence-electron chi connectivity index (χ2n) is 4.17. The fourth-order valence-corrected chi connectivity index (χ4v) is 3.14. The molecule has 4 nitrogen and oxygen atoms in total. The average molecular weight is 401 g/mol. The topological polar surface area (TPSA) is 47.0 Å². The zero-order valence-corrected chi connectivity index (χ0v) is 14.4. The number of methoxy groups -OCH3 is 1. The van der Waals surface area contributed by atoms with Crippen molar-refractivity contribution in [3.05, 3.63) is 50.9 Å². The third-order valence-electron chi connectivity index (χ3n) is 2.82. The molecule has 0 saturated heterocycles. The molecular formula is C14H15Br2N3O. The number of halogens is 2. The van der Waals surface area contributed by atoms with Gasteiger partial charge in [0, 0.05) is 21.3 Å². The van der Waals surface area contributed by atoms with Gasteiger partial charge < -0.3 is 10.1 Å². The minimum absolute atomic E-state index is 0.0370. The molecule has 6 heteroatoms. The van der Waals surface area contributed by atoms with Gasteiger partial charge in [0.05, 0.1) is 25.0 Å². The fraction of sp³-hybridized carbons (Fsp3) is 0.286. The number of hydrogen-bond donors (Lipinski definition) is 1. The van der Waals surface area contributed by atoms with Gasteiger partial charge in [-0.1, -0.05) is 6.92 Å². The van der Waals surface area contributed by atoms with E-state index in [0.29, 0.717) is 0 Å². The van der Waals surface area contributed by atoms with Crippen LogP contribution >= 0.6 is 31.9 Å². The molecule has 0 fully saturated rings. The molecule has 0 saturated carbocycles. The van der Waals surface area contributed by atoms with Crippen molar-refractivity contribution in [2.45, 2.75) is 13.0 Å². The number of ether oxygens (including phenoxy) is 1. The van der Waals surface area contributed by atoms with Gasteiger partial charge in [-0.15, -0.1) is 0 Å². The first-order valence-electron chi connectivity index (χ1n) is 6.19. The summed E-state index contributed by atoms with van der Waals surface area (Å²) in [5.41, 5.74) is 1.94. The van der Waals surface area contributed by atoms with E-state index < -0.39 is 0 Å². The second-order valence-corrected chi connectivity index (χ2v) is 5.94. The van der Waals surface area contributed by atoms with Gasteiger partial charge in [0.15, 0.2) is 0 Å². The molecule has 0 bridgehead atoms. The predicted octanol–water partition coefficient (Wildman–Crippen LogP) is 3.71. The summed E-state index contributed by atoms with van der Waals surface area (Å²) in [6.07, 6.45) is 5.31. The fourth-order valence-electron chi connectivity index (χ4n) is 1.92. The van der Waals surface area contributed by atoms with Crippen molar-refractivity contribution in [3.8, 4) is 5.75 Å². The molecule has 0 aromatic carbocycles. The Kier molecular flexibility index (Phi) is 5.51. The molecule has 20 heavy (non-hydrogen) atoms. The third-order valence-corrected chi connectivity index (χ3v) is 3.89. The summed E-state index contributed by atoms with van der Waals surface area (Å²) in [5.74, 6) is 0.735. The number of rotatable bonds is 5. The van der Waals surface area contributed by atoms with E-state index in [-0.39, 0.29) is 6.04 Å². The van der Waals surface area contributed by atoms with Crippen LogP contribution in [0, 0.1) is 0 Å². The number of hydrogen-bond acceptors (Lipinski definition) is 4. The minimum Gasteiger partial charge on any atom is -0.495 e. The quantitative estimate of drug-likeness (QED) is 0.830. The lowest BCUT2D eigenvalue weighted by atomic mass is 10.0. The van der Waals surface area contributed by atoms with E-state index in [0.717, 1.165) is 32.5 Å². The van der Waals surface area contributed by atoms with Gasteiger partial charge >= 0.3 is 0 Å². The highest BCUT2D eigenvalue weighted by molar-refractivity contribution is 9.11. The van der Waals surface area contributed by atoms with Gasteiger partial charge in [-0.2, -0.15) is 0 Å². The molecule has 2 aromatic heterocycles. The smallest absolute Gasteiger partial charge is 0.137 e. The molecule has 1 N–H and O–H groups in total. The maximum absolute atomic E-state index is 5.24. The highest BCUT2D eigenvalue weighted by atomic mass is 79.9. The Morgan fingerprint density at radius 2 is 2.05 bits per heavy atom. The van der Waals surface area contributed by atoms with Crippen molar-refractivity contribution >= 4 is 31.9 Å². The second kappa shape index (κ2) is 7.15. The van der Waals surface area contributed by atoms with Gasteiger partial charge in [0.1, 0.15) is 5.75 Å². The maximum atomic E-state index is 5.24. The lowest BCUT2D eigenvalue weighted by Gasteiger charge is -2.19. The van der Waals surface area contributed by atoms with Crippen LogP contribution in [0.2, 0.25) is 0 Å². The molecule has 0 amide bonds. The van der Waals surface area contributed by atoms with Crippen molar-refractivity contribution < 1.29 is 4.74 Å². The Balaban J connectivity index is 2.44. The van der Waals surface area contributed by atoms with Gasteiger partial charge in [0.25, 0.3) is 0 Å². The normalized spacial score (nSPS) is 12.2. The van der Waals surface area contributed by atoms with E-state index in [9.17, 15) is 0 Å². The Hall–Kier alpha value is -0.980. The van der Waals surface area contributed by atoms with E-state index in [2.05, 4.69) is 54.1 Å². The Labute approximate surface area is 135 Å². The average Bonchev–Trinajstić information content (AvgIpc) is 2.45. The van der Waals surface area contributed by atoms with Crippen LogP contribution in [0.15, 0.2) is 39.7 Å². The molecule has 2 aromatic rings. The van der Waals surface area contributed by atoms with Crippen LogP contribution in [0.25, 0.3) is 0 Å².